The lowest BCUT2D eigenvalue weighted by atomic mass is 10.2. The number of pyridine rings is 1. The summed E-state index contributed by atoms with van der Waals surface area (Å²) in [5.74, 6) is 6.98. The molecule has 2 heterocycles. The Hall–Kier alpha value is -2.32. The summed E-state index contributed by atoms with van der Waals surface area (Å²) >= 11 is 1.51. The summed E-state index contributed by atoms with van der Waals surface area (Å²) in [7, 11) is 1.75. The Morgan fingerprint density at radius 1 is 1.50 bits per heavy atom. The molecule has 0 radical (unpaired) electrons. The number of nitrogen functional groups attached to an aromatic ring is 1. The minimum absolute atomic E-state index is 0.731. The van der Waals surface area contributed by atoms with Crippen molar-refractivity contribution in [3.05, 3.63) is 47.1 Å². The molecule has 0 amide bonds. The Kier molecular flexibility index (Phi) is 5.15. The monoisotopic (exact) mass is 284 g/mol. The lowest BCUT2D eigenvalue weighted by Gasteiger charge is -2.06. The molecular weight excluding hydrogens is 268 g/mol. The first-order valence-electron chi connectivity index (χ1n) is 6.24. The van der Waals surface area contributed by atoms with Gasteiger partial charge >= 0.3 is 0 Å². The maximum absolute atomic E-state index is 5.89. The third kappa shape index (κ3) is 3.84. The fourth-order valence-electron chi connectivity index (χ4n) is 1.66. The van der Waals surface area contributed by atoms with Crippen LogP contribution in [0.25, 0.3) is 0 Å². The fraction of sp³-hybridized carbons (Fsp3) is 0.200. The SMILES string of the molecule is CN=C(NCCC#Cc1cccnc1)c1ccsc1N. The van der Waals surface area contributed by atoms with E-state index in [-0.39, 0.29) is 0 Å². The molecule has 2 rings (SSSR count). The molecule has 0 saturated carbocycles. The Balaban J connectivity index is 1.84. The van der Waals surface area contributed by atoms with E-state index >= 15 is 0 Å². The van der Waals surface area contributed by atoms with E-state index in [1.54, 1.807) is 19.4 Å². The van der Waals surface area contributed by atoms with E-state index in [0.717, 1.165) is 34.9 Å². The predicted molar refractivity (Wildman–Crippen MR) is 84.9 cm³/mol. The molecule has 0 aliphatic carbocycles. The van der Waals surface area contributed by atoms with E-state index in [9.17, 15) is 0 Å². The van der Waals surface area contributed by atoms with Gasteiger partial charge in [-0.15, -0.1) is 11.3 Å². The van der Waals surface area contributed by atoms with Crippen molar-refractivity contribution in [1.29, 1.82) is 0 Å². The quantitative estimate of drug-likeness (QED) is 0.393. The minimum atomic E-state index is 0.731. The average molecular weight is 284 g/mol. The molecule has 0 aliphatic rings. The molecule has 0 unspecified atom stereocenters. The molecule has 0 fully saturated rings. The van der Waals surface area contributed by atoms with Gasteiger partial charge in [-0.1, -0.05) is 11.8 Å². The summed E-state index contributed by atoms with van der Waals surface area (Å²) in [6, 6.07) is 5.79. The molecule has 0 bridgehead atoms. The van der Waals surface area contributed by atoms with Crippen molar-refractivity contribution < 1.29 is 0 Å². The molecule has 2 aromatic rings. The third-order valence-electron chi connectivity index (χ3n) is 2.61. The van der Waals surface area contributed by atoms with Gasteiger partial charge in [0.25, 0.3) is 0 Å². The number of aliphatic imine (C=N–C) groups is 1. The van der Waals surface area contributed by atoms with Gasteiger partial charge in [-0.2, -0.15) is 0 Å². The highest BCUT2D eigenvalue weighted by Gasteiger charge is 2.06. The van der Waals surface area contributed by atoms with Crippen molar-refractivity contribution >= 4 is 22.2 Å². The minimum Gasteiger partial charge on any atom is -0.390 e. The standard InChI is InChI=1S/C15H16N4S/c1-17-15(13-7-10-20-14(13)16)19-9-3-2-5-12-6-4-8-18-11-12/h4,6-8,10-11H,3,9,16H2,1H3,(H,17,19). The number of anilines is 1. The van der Waals surface area contributed by atoms with Gasteiger partial charge in [0.15, 0.2) is 0 Å². The second kappa shape index (κ2) is 7.31. The van der Waals surface area contributed by atoms with Crippen LogP contribution in [0.2, 0.25) is 0 Å². The smallest absolute Gasteiger partial charge is 0.131 e. The van der Waals surface area contributed by atoms with Gasteiger partial charge in [0.05, 0.1) is 10.6 Å². The highest BCUT2D eigenvalue weighted by atomic mass is 32.1. The molecule has 3 N–H and O–H groups in total. The molecule has 0 saturated heterocycles. The number of nitrogens with one attached hydrogen (secondary N) is 1. The molecule has 102 valence electrons. The molecule has 0 spiro atoms. The molecule has 20 heavy (non-hydrogen) atoms. The van der Waals surface area contributed by atoms with Crippen molar-refractivity contribution in [3.63, 3.8) is 0 Å². The molecule has 0 atom stereocenters. The van der Waals surface area contributed by atoms with Crippen LogP contribution in [0.15, 0.2) is 41.0 Å². The Morgan fingerprint density at radius 2 is 2.40 bits per heavy atom. The number of aromatic nitrogens is 1. The largest absolute Gasteiger partial charge is 0.390 e. The maximum atomic E-state index is 5.89. The van der Waals surface area contributed by atoms with E-state index < -0.39 is 0 Å². The predicted octanol–water partition coefficient (Wildman–Crippen LogP) is 2.13. The van der Waals surface area contributed by atoms with Crippen LogP contribution in [0.1, 0.15) is 17.5 Å². The Morgan fingerprint density at radius 3 is 3.05 bits per heavy atom. The fourth-order valence-corrected chi connectivity index (χ4v) is 2.30. The lowest BCUT2D eigenvalue weighted by Crippen LogP contribution is -2.25. The molecular formula is C15H16N4S. The van der Waals surface area contributed by atoms with Gasteiger partial charge in [0, 0.05) is 38.0 Å². The summed E-state index contributed by atoms with van der Waals surface area (Å²) in [5, 5.41) is 5.99. The summed E-state index contributed by atoms with van der Waals surface area (Å²) < 4.78 is 0. The summed E-state index contributed by atoms with van der Waals surface area (Å²) in [6.45, 7) is 0.731. The van der Waals surface area contributed by atoms with Crippen LogP contribution in [-0.4, -0.2) is 24.4 Å². The van der Waals surface area contributed by atoms with Crippen LogP contribution in [-0.2, 0) is 0 Å². The number of amidine groups is 1. The van der Waals surface area contributed by atoms with Gasteiger partial charge in [-0.05, 0) is 23.6 Å². The zero-order valence-corrected chi connectivity index (χ0v) is 12.1. The molecule has 2 aromatic heterocycles. The first kappa shape index (κ1) is 14.1. The highest BCUT2D eigenvalue weighted by molar-refractivity contribution is 7.14. The number of hydrogen-bond donors (Lipinski definition) is 2. The van der Waals surface area contributed by atoms with Gasteiger partial charge < -0.3 is 11.1 Å². The van der Waals surface area contributed by atoms with Crippen LogP contribution >= 0.6 is 11.3 Å². The average Bonchev–Trinajstić information content (AvgIpc) is 2.90. The molecule has 4 nitrogen and oxygen atoms in total. The van der Waals surface area contributed by atoms with E-state index in [2.05, 4.69) is 27.1 Å². The summed E-state index contributed by atoms with van der Waals surface area (Å²) in [6.07, 6.45) is 4.23. The van der Waals surface area contributed by atoms with Crippen molar-refractivity contribution in [3.8, 4) is 11.8 Å². The van der Waals surface area contributed by atoms with Gasteiger partial charge in [0.2, 0.25) is 0 Å². The van der Waals surface area contributed by atoms with E-state index in [4.69, 9.17) is 5.73 Å². The number of nitrogens with zero attached hydrogens (tertiary/aromatic N) is 2. The van der Waals surface area contributed by atoms with Crippen molar-refractivity contribution in [2.75, 3.05) is 19.3 Å². The Labute approximate surface area is 122 Å². The van der Waals surface area contributed by atoms with Crippen LogP contribution in [0.4, 0.5) is 5.00 Å². The highest BCUT2D eigenvalue weighted by Crippen LogP contribution is 2.18. The first-order valence-corrected chi connectivity index (χ1v) is 7.12. The zero-order valence-electron chi connectivity index (χ0n) is 11.3. The van der Waals surface area contributed by atoms with Crippen molar-refractivity contribution in [1.82, 2.24) is 10.3 Å². The number of thiophene rings is 1. The molecule has 5 heteroatoms. The van der Waals surface area contributed by atoms with Crippen molar-refractivity contribution in [2.45, 2.75) is 6.42 Å². The Bertz CT molecular complexity index is 635. The van der Waals surface area contributed by atoms with E-state index in [1.165, 1.54) is 11.3 Å². The van der Waals surface area contributed by atoms with Crippen LogP contribution in [0, 0.1) is 11.8 Å². The van der Waals surface area contributed by atoms with E-state index in [0.29, 0.717) is 0 Å². The van der Waals surface area contributed by atoms with Gasteiger partial charge in [0.1, 0.15) is 5.84 Å². The molecule has 0 aliphatic heterocycles. The van der Waals surface area contributed by atoms with Crippen LogP contribution in [0.3, 0.4) is 0 Å². The van der Waals surface area contributed by atoms with Gasteiger partial charge in [-0.25, -0.2) is 0 Å². The number of hydrogen-bond acceptors (Lipinski definition) is 4. The van der Waals surface area contributed by atoms with Crippen LogP contribution < -0.4 is 11.1 Å². The second-order valence-corrected chi connectivity index (χ2v) is 4.94. The third-order valence-corrected chi connectivity index (χ3v) is 3.36. The second-order valence-electron chi connectivity index (χ2n) is 3.99. The summed E-state index contributed by atoms with van der Waals surface area (Å²) in [4.78, 5) is 8.24. The number of rotatable bonds is 3. The number of nitrogens with two attached hydrogens (primary N) is 1. The zero-order chi connectivity index (χ0) is 14.2. The van der Waals surface area contributed by atoms with Crippen LogP contribution in [0.5, 0.6) is 0 Å². The van der Waals surface area contributed by atoms with Crippen molar-refractivity contribution in [2.24, 2.45) is 4.99 Å². The topological polar surface area (TPSA) is 63.3 Å². The van der Waals surface area contributed by atoms with E-state index in [1.807, 2.05) is 23.6 Å². The van der Waals surface area contributed by atoms with Gasteiger partial charge in [-0.3, -0.25) is 9.98 Å². The summed E-state index contributed by atoms with van der Waals surface area (Å²) in [5.41, 5.74) is 7.77. The lowest BCUT2D eigenvalue weighted by molar-refractivity contribution is 0.902. The normalized spacial score (nSPS) is 10.8. The molecule has 0 aromatic carbocycles. The maximum Gasteiger partial charge on any atom is 0.131 e. The first-order chi connectivity index (χ1) is 9.81.